The highest BCUT2D eigenvalue weighted by atomic mass is 16.5. The molecule has 0 fully saturated rings. The molecule has 1 aromatic carbocycles. The summed E-state index contributed by atoms with van der Waals surface area (Å²) in [7, 11) is 0. The average Bonchev–Trinajstić information content (AvgIpc) is 2.34. The molecule has 0 radical (unpaired) electrons. The minimum Gasteiger partial charge on any atom is -0.445 e. The number of hydrogen-bond donors (Lipinski definition) is 1. The Labute approximate surface area is 96.1 Å². The molecular weight excluding hydrogens is 202 g/mol. The van der Waals surface area contributed by atoms with Crippen LogP contribution in [0.3, 0.4) is 0 Å². The second-order valence-corrected chi connectivity index (χ2v) is 3.46. The third-order valence-electron chi connectivity index (χ3n) is 2.24. The quantitative estimate of drug-likeness (QED) is 0.773. The normalized spacial score (nSPS) is 11.6. The number of rotatable bonds is 5. The second-order valence-electron chi connectivity index (χ2n) is 3.46. The largest absolute Gasteiger partial charge is 0.445 e. The van der Waals surface area contributed by atoms with E-state index in [0.29, 0.717) is 6.61 Å². The number of ether oxygens (including phenoxy) is 1. The fourth-order valence-electron chi connectivity index (χ4n) is 1.24. The van der Waals surface area contributed by atoms with E-state index in [-0.39, 0.29) is 6.04 Å². The first kappa shape index (κ1) is 12.3. The number of nitrogens with one attached hydrogen (secondary N) is 1. The Kier molecular flexibility index (Phi) is 5.12. The molecule has 86 valence electrons. The van der Waals surface area contributed by atoms with Crippen LogP contribution in [0.15, 0.2) is 43.0 Å². The van der Waals surface area contributed by atoms with Crippen LogP contribution in [-0.2, 0) is 11.3 Å². The molecule has 1 aromatic rings. The van der Waals surface area contributed by atoms with Crippen LogP contribution >= 0.6 is 0 Å². The van der Waals surface area contributed by atoms with E-state index in [9.17, 15) is 4.79 Å². The molecule has 16 heavy (non-hydrogen) atoms. The zero-order valence-corrected chi connectivity index (χ0v) is 9.48. The zero-order valence-electron chi connectivity index (χ0n) is 9.48. The summed E-state index contributed by atoms with van der Waals surface area (Å²) in [6, 6.07) is 9.55. The molecular formula is C13H17NO2. The van der Waals surface area contributed by atoms with Crippen LogP contribution in [0.25, 0.3) is 0 Å². The highest BCUT2D eigenvalue weighted by Crippen LogP contribution is 2.01. The van der Waals surface area contributed by atoms with Crippen molar-refractivity contribution in [3.05, 3.63) is 48.6 Å². The van der Waals surface area contributed by atoms with Gasteiger partial charge in [-0.15, -0.1) is 6.58 Å². The van der Waals surface area contributed by atoms with Crippen molar-refractivity contribution < 1.29 is 9.53 Å². The Balaban J connectivity index is 2.33. The molecule has 0 spiro atoms. The van der Waals surface area contributed by atoms with Gasteiger partial charge in [-0.1, -0.05) is 43.3 Å². The van der Waals surface area contributed by atoms with Crippen LogP contribution in [0, 0.1) is 0 Å². The van der Waals surface area contributed by atoms with Crippen molar-refractivity contribution in [3.8, 4) is 0 Å². The highest BCUT2D eigenvalue weighted by Gasteiger charge is 2.07. The van der Waals surface area contributed by atoms with Gasteiger partial charge in [-0.05, 0) is 12.0 Å². The molecule has 0 aliphatic heterocycles. The zero-order chi connectivity index (χ0) is 11.8. The van der Waals surface area contributed by atoms with Gasteiger partial charge < -0.3 is 10.1 Å². The number of hydrogen-bond acceptors (Lipinski definition) is 2. The van der Waals surface area contributed by atoms with Gasteiger partial charge in [-0.3, -0.25) is 0 Å². The fourth-order valence-corrected chi connectivity index (χ4v) is 1.24. The topological polar surface area (TPSA) is 38.3 Å². The van der Waals surface area contributed by atoms with Gasteiger partial charge in [0.05, 0.1) is 0 Å². The van der Waals surface area contributed by atoms with Gasteiger partial charge in [0.2, 0.25) is 0 Å². The predicted molar refractivity (Wildman–Crippen MR) is 64.0 cm³/mol. The minimum atomic E-state index is -0.407. The minimum absolute atomic E-state index is 0.0247. The first-order valence-electron chi connectivity index (χ1n) is 5.36. The first-order valence-corrected chi connectivity index (χ1v) is 5.36. The van der Waals surface area contributed by atoms with Crippen molar-refractivity contribution in [3.63, 3.8) is 0 Å². The summed E-state index contributed by atoms with van der Waals surface area (Å²) in [6.45, 7) is 5.90. The maximum Gasteiger partial charge on any atom is 0.407 e. The molecule has 0 saturated carbocycles. The SMILES string of the molecule is C=C[C@H](CC)NC(=O)OCc1ccccc1. The summed E-state index contributed by atoms with van der Waals surface area (Å²) < 4.78 is 5.06. The third kappa shape index (κ3) is 4.17. The third-order valence-corrected chi connectivity index (χ3v) is 2.24. The number of carbonyl (C=O) groups excluding carboxylic acids is 1. The summed E-state index contributed by atoms with van der Waals surface area (Å²) >= 11 is 0. The molecule has 0 aliphatic carbocycles. The lowest BCUT2D eigenvalue weighted by atomic mass is 10.2. The predicted octanol–water partition coefficient (Wildman–Crippen LogP) is 2.88. The molecule has 1 rings (SSSR count). The summed E-state index contributed by atoms with van der Waals surface area (Å²) in [5, 5.41) is 2.71. The van der Waals surface area contributed by atoms with E-state index in [2.05, 4.69) is 11.9 Å². The van der Waals surface area contributed by atoms with Crippen molar-refractivity contribution >= 4 is 6.09 Å². The maximum atomic E-state index is 11.4. The molecule has 0 bridgehead atoms. The van der Waals surface area contributed by atoms with Crippen LogP contribution in [0.2, 0.25) is 0 Å². The van der Waals surface area contributed by atoms with Crippen molar-refractivity contribution in [2.24, 2.45) is 0 Å². The van der Waals surface area contributed by atoms with Crippen molar-refractivity contribution in [2.45, 2.75) is 26.0 Å². The molecule has 1 atom stereocenters. The van der Waals surface area contributed by atoms with Gasteiger partial charge in [-0.2, -0.15) is 0 Å². The Morgan fingerprint density at radius 2 is 2.19 bits per heavy atom. The van der Waals surface area contributed by atoms with E-state index in [0.717, 1.165) is 12.0 Å². The van der Waals surface area contributed by atoms with E-state index >= 15 is 0 Å². The lowest BCUT2D eigenvalue weighted by Gasteiger charge is -2.12. The number of amides is 1. The molecule has 1 amide bonds. The van der Waals surface area contributed by atoms with Crippen LogP contribution < -0.4 is 5.32 Å². The Bertz CT molecular complexity index is 335. The molecule has 3 nitrogen and oxygen atoms in total. The standard InChI is InChI=1S/C13H17NO2/c1-3-12(4-2)14-13(15)16-10-11-8-6-5-7-9-11/h3,5-9,12H,1,4,10H2,2H3,(H,14,15)/t12-/m1/s1. The molecule has 0 saturated heterocycles. The molecule has 0 unspecified atom stereocenters. The highest BCUT2D eigenvalue weighted by molar-refractivity contribution is 5.67. The smallest absolute Gasteiger partial charge is 0.407 e. The maximum absolute atomic E-state index is 11.4. The van der Waals surface area contributed by atoms with Gasteiger partial charge in [0.1, 0.15) is 6.61 Å². The van der Waals surface area contributed by atoms with Gasteiger partial charge in [0.25, 0.3) is 0 Å². The second kappa shape index (κ2) is 6.67. The molecule has 0 aromatic heterocycles. The number of benzene rings is 1. The summed E-state index contributed by atoms with van der Waals surface area (Å²) in [6.07, 6.45) is 2.10. The van der Waals surface area contributed by atoms with E-state index < -0.39 is 6.09 Å². The lowest BCUT2D eigenvalue weighted by molar-refractivity contribution is 0.137. The molecule has 3 heteroatoms. The van der Waals surface area contributed by atoms with Crippen LogP contribution in [-0.4, -0.2) is 12.1 Å². The Hall–Kier alpha value is -1.77. The number of carbonyl (C=O) groups is 1. The molecule has 1 N–H and O–H groups in total. The Morgan fingerprint density at radius 1 is 1.50 bits per heavy atom. The van der Waals surface area contributed by atoms with Crippen molar-refractivity contribution in [1.29, 1.82) is 0 Å². The first-order chi connectivity index (χ1) is 7.76. The van der Waals surface area contributed by atoms with Crippen LogP contribution in [0.1, 0.15) is 18.9 Å². The molecule has 0 aliphatic rings. The Morgan fingerprint density at radius 3 is 2.75 bits per heavy atom. The van der Waals surface area contributed by atoms with E-state index in [1.165, 1.54) is 0 Å². The van der Waals surface area contributed by atoms with Crippen LogP contribution in [0.4, 0.5) is 4.79 Å². The average molecular weight is 219 g/mol. The van der Waals surface area contributed by atoms with Gasteiger partial charge in [0.15, 0.2) is 0 Å². The van der Waals surface area contributed by atoms with Crippen LogP contribution in [0.5, 0.6) is 0 Å². The van der Waals surface area contributed by atoms with Gasteiger partial charge >= 0.3 is 6.09 Å². The summed E-state index contributed by atoms with van der Waals surface area (Å²) in [5.41, 5.74) is 0.976. The van der Waals surface area contributed by atoms with E-state index in [4.69, 9.17) is 4.74 Å². The summed E-state index contributed by atoms with van der Waals surface area (Å²) in [5.74, 6) is 0. The van der Waals surface area contributed by atoms with Gasteiger partial charge in [0, 0.05) is 6.04 Å². The van der Waals surface area contributed by atoms with Crippen molar-refractivity contribution in [1.82, 2.24) is 5.32 Å². The lowest BCUT2D eigenvalue weighted by Crippen LogP contribution is -2.33. The van der Waals surface area contributed by atoms with Crippen molar-refractivity contribution in [2.75, 3.05) is 0 Å². The van der Waals surface area contributed by atoms with E-state index in [1.807, 2.05) is 37.3 Å². The van der Waals surface area contributed by atoms with Gasteiger partial charge in [-0.25, -0.2) is 4.79 Å². The summed E-state index contributed by atoms with van der Waals surface area (Å²) in [4.78, 5) is 11.4. The van der Waals surface area contributed by atoms with E-state index in [1.54, 1.807) is 6.08 Å². The fraction of sp³-hybridized carbons (Fsp3) is 0.308. The molecule has 0 heterocycles. The number of alkyl carbamates (subject to hydrolysis) is 1. The monoisotopic (exact) mass is 219 g/mol.